The minimum absolute atomic E-state index is 0. The van der Waals surface area contributed by atoms with Crippen molar-refractivity contribution in [3.05, 3.63) is 10.8 Å². The first-order valence-electron chi connectivity index (χ1n) is 0.762. The molecule has 0 saturated carbocycles. The van der Waals surface area contributed by atoms with Gasteiger partial charge in [0.2, 0.25) is 0 Å². The van der Waals surface area contributed by atoms with Crippen molar-refractivity contribution in [1.29, 1.82) is 0 Å². The molecule has 4 heteroatoms. The van der Waals surface area contributed by atoms with Crippen LogP contribution in [0.4, 0.5) is 0 Å². The van der Waals surface area contributed by atoms with Crippen LogP contribution in [0.5, 0.6) is 0 Å². The normalized spacial score (nSPS) is 4.00. The van der Waals surface area contributed by atoms with Crippen LogP contribution < -0.4 is 59.1 Å². The molecule has 0 aliphatic carbocycles. The van der Waals surface area contributed by atoms with E-state index in [4.69, 9.17) is 0 Å². The Bertz CT molecular complexity index is 32.5. The van der Waals surface area contributed by atoms with Gasteiger partial charge < -0.3 is 29.5 Å². The molecule has 0 aliphatic rings. The van der Waals surface area contributed by atoms with Gasteiger partial charge in [0.15, 0.2) is 0 Å². The summed E-state index contributed by atoms with van der Waals surface area (Å²) >= 11 is 8.48. The van der Waals surface area contributed by atoms with Crippen molar-refractivity contribution in [2.45, 2.75) is 0 Å². The van der Waals surface area contributed by atoms with Gasteiger partial charge in [0, 0.05) is 0 Å². The molecule has 0 bridgehead atoms. The number of hydrogen-bond acceptors (Lipinski definition) is 2. The molecule has 6 heavy (non-hydrogen) atoms. The van der Waals surface area contributed by atoms with Crippen LogP contribution in [0.1, 0.15) is 0 Å². The van der Waals surface area contributed by atoms with Crippen LogP contribution in [0.15, 0.2) is 10.8 Å². The Kier molecular flexibility index (Phi) is 26.8. The van der Waals surface area contributed by atoms with E-state index in [0.717, 1.165) is 0 Å². The molecule has 0 radical (unpaired) electrons. The van der Waals surface area contributed by atoms with Crippen LogP contribution in [0, 0.1) is 0 Å². The predicted molar refractivity (Wildman–Crippen MR) is 23.9 cm³/mol. The Morgan fingerprint density at radius 1 is 1.17 bits per heavy atom. The molecule has 24 valence electrons. The van der Waals surface area contributed by atoms with E-state index < -0.39 is 0 Å². The van der Waals surface area contributed by atoms with E-state index in [0.29, 0.717) is 4.24 Å². The Morgan fingerprint density at radius 2 is 1.17 bits per heavy atom. The van der Waals surface area contributed by atoms with Crippen molar-refractivity contribution < 1.29 is 59.1 Å². The molecule has 0 aromatic heterocycles. The zero-order chi connectivity index (χ0) is 3.58. The Labute approximate surface area is 93.6 Å². The predicted octanol–water partition coefficient (Wildman–Crippen LogP) is -5.44. The molecule has 0 unspecified atom stereocenters. The van der Waals surface area contributed by atoms with Gasteiger partial charge in [-0.3, -0.25) is 0 Å². The topological polar surface area (TPSA) is 0 Å². The second kappa shape index (κ2) is 10.2. The summed E-state index contributed by atoms with van der Waals surface area (Å²) in [5.74, 6) is 0. The second-order valence-electron chi connectivity index (χ2n) is 0.372. The van der Waals surface area contributed by atoms with Crippen LogP contribution in [0.2, 0.25) is 0 Å². The van der Waals surface area contributed by atoms with Gasteiger partial charge in [-0.25, -0.2) is 0 Å². The molecule has 0 amide bonds. The van der Waals surface area contributed by atoms with Crippen LogP contribution >= 0.6 is 0 Å². The molecule has 0 atom stereocenters. The SMILES string of the molecule is C=C([S-])[S-].[Na+].[Na+]. The maximum absolute atomic E-state index is 4.24. The molecule has 0 spiro atoms. The molecule has 0 aromatic carbocycles. The van der Waals surface area contributed by atoms with Crippen molar-refractivity contribution in [2.75, 3.05) is 0 Å². The minimum Gasteiger partial charge on any atom is -0.808 e. The first-order chi connectivity index (χ1) is 1.73. The molecule has 0 N–H and O–H groups in total. The first-order valence-corrected chi connectivity index (χ1v) is 1.58. The average Bonchev–Trinajstić information content (AvgIpc) is 0.811. The third-order valence-corrected chi connectivity index (χ3v) is 0. The van der Waals surface area contributed by atoms with Crippen molar-refractivity contribution in [3.8, 4) is 0 Å². The minimum atomic E-state index is 0. The fourth-order valence-corrected chi connectivity index (χ4v) is 0. The molecule has 0 fully saturated rings. The molecule has 0 heterocycles. The van der Waals surface area contributed by atoms with E-state index in [-0.39, 0.29) is 59.1 Å². The molecule has 0 saturated heterocycles. The summed E-state index contributed by atoms with van der Waals surface area (Å²) in [5, 5.41) is 0. The zero-order valence-corrected chi connectivity index (χ0v) is 9.66. The molecule has 0 aromatic rings. The summed E-state index contributed by atoms with van der Waals surface area (Å²) in [4.78, 5) is 0. The van der Waals surface area contributed by atoms with Crippen molar-refractivity contribution in [1.82, 2.24) is 0 Å². The van der Waals surface area contributed by atoms with E-state index in [2.05, 4.69) is 31.8 Å². The maximum Gasteiger partial charge on any atom is 1.00 e. The fraction of sp³-hybridized carbons (Fsp3) is 0. The number of hydrogen-bond donors (Lipinski definition) is 0. The van der Waals surface area contributed by atoms with Crippen molar-refractivity contribution in [2.24, 2.45) is 0 Å². The van der Waals surface area contributed by atoms with Gasteiger partial charge in [-0.05, 0) is 0 Å². The third kappa shape index (κ3) is 34.9. The van der Waals surface area contributed by atoms with Crippen molar-refractivity contribution in [3.63, 3.8) is 0 Å². The quantitative estimate of drug-likeness (QED) is 0.241. The summed E-state index contributed by atoms with van der Waals surface area (Å²) in [6.07, 6.45) is 0. The van der Waals surface area contributed by atoms with Gasteiger partial charge in [-0.15, -0.1) is 6.58 Å². The molecule has 0 aliphatic heterocycles. The van der Waals surface area contributed by atoms with Crippen LogP contribution in [0.25, 0.3) is 0 Å². The van der Waals surface area contributed by atoms with Gasteiger partial charge >= 0.3 is 59.1 Å². The monoisotopic (exact) mass is 136 g/mol. The Hall–Kier alpha value is 2.18. The second-order valence-corrected chi connectivity index (χ2v) is 1.62. The summed E-state index contributed by atoms with van der Waals surface area (Å²) in [6.45, 7) is 3.19. The largest absolute Gasteiger partial charge is 1.00 e. The van der Waals surface area contributed by atoms with Gasteiger partial charge in [-0.2, -0.15) is 0 Å². The maximum atomic E-state index is 4.24. The van der Waals surface area contributed by atoms with E-state index in [1.165, 1.54) is 0 Å². The van der Waals surface area contributed by atoms with Gasteiger partial charge in [0.05, 0.1) is 0 Å². The van der Waals surface area contributed by atoms with Crippen LogP contribution in [-0.2, 0) is 25.3 Å². The molecule has 0 rings (SSSR count). The summed E-state index contributed by atoms with van der Waals surface area (Å²) in [7, 11) is 0. The summed E-state index contributed by atoms with van der Waals surface area (Å²) in [6, 6.07) is 0. The number of rotatable bonds is 0. The van der Waals surface area contributed by atoms with Crippen LogP contribution in [0.3, 0.4) is 0 Å². The Balaban J connectivity index is -0.0000000450. The van der Waals surface area contributed by atoms with E-state index in [9.17, 15) is 0 Å². The average molecular weight is 136 g/mol. The van der Waals surface area contributed by atoms with Crippen LogP contribution in [-0.4, -0.2) is 0 Å². The first kappa shape index (κ1) is 15.7. The smallest absolute Gasteiger partial charge is 0.808 e. The van der Waals surface area contributed by atoms with Gasteiger partial charge in [0.25, 0.3) is 0 Å². The van der Waals surface area contributed by atoms with E-state index in [1.807, 2.05) is 0 Å². The van der Waals surface area contributed by atoms with E-state index in [1.54, 1.807) is 0 Å². The van der Waals surface area contributed by atoms with Crippen molar-refractivity contribution >= 4 is 25.3 Å². The fourth-order valence-electron chi connectivity index (χ4n) is 0. The molecular weight excluding hydrogens is 134 g/mol. The summed E-state index contributed by atoms with van der Waals surface area (Å²) < 4.78 is 0.333. The van der Waals surface area contributed by atoms with Gasteiger partial charge in [-0.1, -0.05) is 0 Å². The van der Waals surface area contributed by atoms with E-state index >= 15 is 0 Å². The zero-order valence-electron chi connectivity index (χ0n) is 4.02. The third-order valence-electron chi connectivity index (χ3n) is 0. The standard InChI is InChI=1S/C2H4S2.2Na/c1-2(3)4;;/h3-4H,1H2;;/q;2*+1/p-2. The van der Waals surface area contributed by atoms with Gasteiger partial charge in [0.1, 0.15) is 0 Å². The Morgan fingerprint density at radius 3 is 1.17 bits per heavy atom. The summed E-state index contributed by atoms with van der Waals surface area (Å²) in [5.41, 5.74) is 0. The molecule has 0 nitrogen and oxygen atoms in total. The molecular formula is C2H2Na2S2.